The summed E-state index contributed by atoms with van der Waals surface area (Å²) < 4.78 is 12.6. The van der Waals surface area contributed by atoms with Crippen LogP contribution in [0.4, 0.5) is 5.69 Å². The van der Waals surface area contributed by atoms with Crippen LogP contribution in [-0.2, 0) is 17.8 Å². The molecule has 0 saturated carbocycles. The smallest absolute Gasteiger partial charge is 0.234 e. The Labute approximate surface area is 186 Å². The van der Waals surface area contributed by atoms with E-state index in [0.717, 1.165) is 23.2 Å². The molecule has 0 unspecified atom stereocenters. The van der Waals surface area contributed by atoms with E-state index in [4.69, 9.17) is 9.47 Å². The van der Waals surface area contributed by atoms with Crippen molar-refractivity contribution in [3.63, 3.8) is 0 Å². The van der Waals surface area contributed by atoms with Crippen molar-refractivity contribution in [1.29, 1.82) is 0 Å². The van der Waals surface area contributed by atoms with Crippen LogP contribution in [0.15, 0.2) is 60.3 Å². The van der Waals surface area contributed by atoms with Crippen molar-refractivity contribution in [2.24, 2.45) is 0 Å². The Hall–Kier alpha value is -3.26. The topological polar surface area (TPSA) is 78.3 Å². The predicted molar refractivity (Wildman–Crippen MR) is 124 cm³/mol. The number of hydrogen-bond acceptors (Lipinski definition) is 6. The van der Waals surface area contributed by atoms with Gasteiger partial charge in [0.15, 0.2) is 22.5 Å². The number of benzene rings is 2. The largest absolute Gasteiger partial charge is 0.493 e. The molecule has 0 fully saturated rings. The summed E-state index contributed by atoms with van der Waals surface area (Å²) >= 11 is 1.33. The van der Waals surface area contributed by atoms with Gasteiger partial charge in [0.1, 0.15) is 0 Å². The molecule has 162 valence electrons. The maximum atomic E-state index is 12.5. The average Bonchev–Trinajstić information content (AvgIpc) is 3.20. The van der Waals surface area contributed by atoms with Gasteiger partial charge in [-0.25, -0.2) is 0 Å². The monoisotopic (exact) mass is 438 g/mol. The molecule has 1 heterocycles. The molecule has 2 aromatic carbocycles. The third-order valence-electron chi connectivity index (χ3n) is 4.67. The number of para-hydroxylation sites is 1. The second kappa shape index (κ2) is 10.7. The van der Waals surface area contributed by atoms with Crippen LogP contribution in [0.2, 0.25) is 0 Å². The van der Waals surface area contributed by atoms with Crippen LogP contribution >= 0.6 is 11.8 Å². The zero-order valence-corrected chi connectivity index (χ0v) is 18.7. The number of carbonyl (C=O) groups excluding carboxylic acids is 1. The highest BCUT2D eigenvalue weighted by Gasteiger charge is 2.17. The van der Waals surface area contributed by atoms with Gasteiger partial charge < -0.3 is 14.8 Å². The number of amides is 1. The highest BCUT2D eigenvalue weighted by atomic mass is 32.2. The second-order valence-electron chi connectivity index (χ2n) is 6.62. The van der Waals surface area contributed by atoms with Crippen LogP contribution in [-0.4, -0.2) is 40.6 Å². The number of aromatic nitrogens is 3. The molecule has 1 aromatic heterocycles. The lowest BCUT2D eigenvalue weighted by molar-refractivity contribution is -0.113. The first-order valence-electron chi connectivity index (χ1n) is 9.88. The Balaban J connectivity index is 1.78. The Morgan fingerprint density at radius 1 is 1.16 bits per heavy atom. The van der Waals surface area contributed by atoms with E-state index in [1.54, 1.807) is 20.3 Å². The van der Waals surface area contributed by atoms with Crippen LogP contribution in [0.3, 0.4) is 0 Å². The first-order chi connectivity index (χ1) is 15.1. The number of nitrogens with one attached hydrogen (secondary N) is 1. The molecule has 1 amide bonds. The fourth-order valence-corrected chi connectivity index (χ4v) is 3.89. The number of carbonyl (C=O) groups is 1. The summed E-state index contributed by atoms with van der Waals surface area (Å²) in [5.41, 5.74) is 2.78. The molecule has 0 saturated heterocycles. The molecule has 1 N–H and O–H groups in total. The number of rotatable bonds is 10. The number of nitrogens with zero attached hydrogens (tertiary/aromatic N) is 3. The number of aryl methyl sites for hydroxylation is 1. The number of allylic oxidation sites excluding steroid dienone is 1. The van der Waals surface area contributed by atoms with Crippen LogP contribution in [0.5, 0.6) is 11.5 Å². The SMILES string of the molecule is C=CCn1c(SCC(=O)Nc2ccccc2CC)nnc1-c1ccc(OC)c(OC)c1. The number of methoxy groups -OCH3 is 2. The van der Waals surface area contributed by atoms with E-state index in [-0.39, 0.29) is 11.7 Å². The van der Waals surface area contributed by atoms with E-state index in [2.05, 4.69) is 29.0 Å². The molecule has 0 radical (unpaired) electrons. The van der Waals surface area contributed by atoms with Crippen molar-refractivity contribution in [2.45, 2.75) is 25.0 Å². The molecule has 31 heavy (non-hydrogen) atoms. The van der Waals surface area contributed by atoms with Crippen molar-refractivity contribution in [3.05, 3.63) is 60.7 Å². The molecule has 0 aliphatic carbocycles. The third-order valence-corrected chi connectivity index (χ3v) is 5.64. The average molecular weight is 439 g/mol. The first-order valence-corrected chi connectivity index (χ1v) is 10.9. The summed E-state index contributed by atoms with van der Waals surface area (Å²) in [6, 6.07) is 13.4. The van der Waals surface area contributed by atoms with Crippen LogP contribution < -0.4 is 14.8 Å². The molecular formula is C23H26N4O3S. The van der Waals surface area contributed by atoms with Crippen molar-refractivity contribution in [2.75, 3.05) is 25.3 Å². The van der Waals surface area contributed by atoms with Crippen LogP contribution in [0.25, 0.3) is 11.4 Å². The van der Waals surface area contributed by atoms with E-state index in [9.17, 15) is 4.79 Å². The summed E-state index contributed by atoms with van der Waals surface area (Å²) in [5, 5.41) is 12.3. The number of thioether (sulfide) groups is 1. The van der Waals surface area contributed by atoms with Crippen molar-refractivity contribution >= 4 is 23.4 Å². The van der Waals surface area contributed by atoms with Crippen LogP contribution in [0, 0.1) is 0 Å². The molecule has 7 nitrogen and oxygen atoms in total. The lowest BCUT2D eigenvalue weighted by Crippen LogP contribution is -2.15. The summed E-state index contributed by atoms with van der Waals surface area (Å²) in [4.78, 5) is 12.5. The lowest BCUT2D eigenvalue weighted by Gasteiger charge is -2.11. The molecule has 0 bridgehead atoms. The van der Waals surface area contributed by atoms with Gasteiger partial charge in [0.2, 0.25) is 5.91 Å². The van der Waals surface area contributed by atoms with Gasteiger partial charge in [0, 0.05) is 17.8 Å². The van der Waals surface area contributed by atoms with Crippen molar-refractivity contribution < 1.29 is 14.3 Å². The van der Waals surface area contributed by atoms with E-state index < -0.39 is 0 Å². The normalized spacial score (nSPS) is 10.5. The van der Waals surface area contributed by atoms with Gasteiger partial charge >= 0.3 is 0 Å². The van der Waals surface area contributed by atoms with Crippen molar-refractivity contribution in [1.82, 2.24) is 14.8 Å². The molecule has 8 heteroatoms. The maximum absolute atomic E-state index is 12.5. The highest BCUT2D eigenvalue weighted by molar-refractivity contribution is 7.99. The van der Waals surface area contributed by atoms with E-state index in [1.165, 1.54) is 11.8 Å². The van der Waals surface area contributed by atoms with Crippen LogP contribution in [0.1, 0.15) is 12.5 Å². The zero-order valence-electron chi connectivity index (χ0n) is 17.9. The van der Waals surface area contributed by atoms with Gasteiger partial charge in [0.25, 0.3) is 0 Å². The van der Waals surface area contributed by atoms with Gasteiger partial charge in [0.05, 0.1) is 20.0 Å². The van der Waals surface area contributed by atoms with Crippen molar-refractivity contribution in [3.8, 4) is 22.9 Å². The molecule has 0 aliphatic rings. The van der Waals surface area contributed by atoms with Gasteiger partial charge in [-0.05, 0) is 36.2 Å². The second-order valence-corrected chi connectivity index (χ2v) is 7.57. The number of hydrogen-bond donors (Lipinski definition) is 1. The third kappa shape index (κ3) is 5.27. The fourth-order valence-electron chi connectivity index (χ4n) is 3.14. The summed E-state index contributed by atoms with van der Waals surface area (Å²) in [7, 11) is 3.18. The van der Waals surface area contributed by atoms with E-state index >= 15 is 0 Å². The maximum Gasteiger partial charge on any atom is 0.234 e. The summed E-state index contributed by atoms with van der Waals surface area (Å²) in [5.74, 6) is 2.04. The fraction of sp³-hybridized carbons (Fsp3) is 0.261. The Morgan fingerprint density at radius 3 is 2.65 bits per heavy atom. The summed E-state index contributed by atoms with van der Waals surface area (Å²) in [6.45, 7) is 6.41. The Bertz CT molecular complexity index is 1060. The Morgan fingerprint density at radius 2 is 1.94 bits per heavy atom. The standard InChI is InChI=1S/C23H26N4O3S/c1-5-13-27-22(17-11-12-19(29-3)20(14-17)30-4)25-26-23(27)31-15-21(28)24-18-10-8-7-9-16(18)6-2/h5,7-12,14H,1,6,13,15H2,2-4H3,(H,24,28). The Kier molecular flexibility index (Phi) is 7.72. The molecular weight excluding hydrogens is 412 g/mol. The molecule has 3 rings (SSSR count). The molecule has 3 aromatic rings. The van der Waals surface area contributed by atoms with E-state index in [0.29, 0.717) is 29.0 Å². The van der Waals surface area contributed by atoms with Gasteiger partial charge in [-0.2, -0.15) is 0 Å². The first kappa shape index (κ1) is 22.4. The quantitative estimate of drug-likeness (QED) is 0.372. The van der Waals surface area contributed by atoms with Gasteiger partial charge in [-0.3, -0.25) is 9.36 Å². The predicted octanol–water partition coefficient (Wildman–Crippen LogP) is 4.44. The minimum Gasteiger partial charge on any atom is -0.493 e. The minimum absolute atomic E-state index is 0.0910. The molecule has 0 atom stereocenters. The number of ether oxygens (including phenoxy) is 2. The highest BCUT2D eigenvalue weighted by Crippen LogP contribution is 2.33. The molecule has 0 aliphatic heterocycles. The molecule has 0 spiro atoms. The van der Waals surface area contributed by atoms with E-state index in [1.807, 2.05) is 47.0 Å². The minimum atomic E-state index is -0.0910. The number of anilines is 1. The lowest BCUT2D eigenvalue weighted by atomic mass is 10.1. The summed E-state index contributed by atoms with van der Waals surface area (Å²) in [6.07, 6.45) is 2.63. The van der Waals surface area contributed by atoms with Gasteiger partial charge in [-0.15, -0.1) is 16.8 Å². The van der Waals surface area contributed by atoms with Gasteiger partial charge in [-0.1, -0.05) is 43.0 Å². The zero-order chi connectivity index (χ0) is 22.2.